The second kappa shape index (κ2) is 6.23. The summed E-state index contributed by atoms with van der Waals surface area (Å²) >= 11 is 1.33. The number of aryl methyl sites for hydroxylation is 1. The maximum absolute atomic E-state index is 12.2. The van der Waals surface area contributed by atoms with Crippen LogP contribution in [0.5, 0.6) is 0 Å². The highest BCUT2D eigenvalue weighted by Crippen LogP contribution is 2.14. The van der Waals surface area contributed by atoms with Gasteiger partial charge in [-0.1, -0.05) is 12.1 Å². The summed E-state index contributed by atoms with van der Waals surface area (Å²) in [5.41, 5.74) is 0.860. The van der Waals surface area contributed by atoms with Gasteiger partial charge in [0.1, 0.15) is 12.2 Å². The Hall–Kier alpha value is -3.26. The molecule has 0 spiro atoms. The number of aromatic nitrogens is 2. The summed E-state index contributed by atoms with van der Waals surface area (Å²) < 4.78 is 12.1. The summed E-state index contributed by atoms with van der Waals surface area (Å²) in [6.45, 7) is 1.62. The molecule has 4 rings (SSSR count). The fraction of sp³-hybridized carbons (Fsp3) is 0.111. The van der Waals surface area contributed by atoms with E-state index in [1.54, 1.807) is 24.3 Å². The van der Waals surface area contributed by atoms with Gasteiger partial charge in [0.25, 0.3) is 5.56 Å². The molecule has 4 aromatic rings. The maximum atomic E-state index is 12.2. The minimum atomic E-state index is -0.794. The largest absolute Gasteiger partial charge is 0.453 e. The number of carbonyl (C=O) groups is 1. The van der Waals surface area contributed by atoms with E-state index in [0.29, 0.717) is 21.6 Å². The van der Waals surface area contributed by atoms with Crippen LogP contribution in [-0.4, -0.2) is 15.4 Å². The van der Waals surface area contributed by atoms with Crippen molar-refractivity contribution in [3.63, 3.8) is 0 Å². The van der Waals surface area contributed by atoms with Crippen LogP contribution in [0, 0.1) is 6.92 Å². The van der Waals surface area contributed by atoms with E-state index in [1.807, 2.05) is 12.3 Å². The number of para-hydroxylation sites is 1. The highest BCUT2D eigenvalue weighted by molar-refractivity contribution is 7.15. The van der Waals surface area contributed by atoms with Crippen LogP contribution in [0.15, 0.2) is 55.8 Å². The summed E-state index contributed by atoms with van der Waals surface area (Å²) in [6, 6.07) is 9.05. The summed E-state index contributed by atoms with van der Waals surface area (Å²) in [5.74, 6) is -0.990. The van der Waals surface area contributed by atoms with Gasteiger partial charge >= 0.3 is 5.97 Å². The van der Waals surface area contributed by atoms with E-state index < -0.39 is 5.97 Å². The monoisotopic (exact) mass is 368 g/mol. The van der Waals surface area contributed by atoms with Crippen molar-refractivity contribution in [2.24, 2.45) is 0 Å². The number of thiazole rings is 1. The molecule has 0 aliphatic rings. The minimum absolute atomic E-state index is 0.196. The van der Waals surface area contributed by atoms with E-state index in [0.717, 1.165) is 11.8 Å². The van der Waals surface area contributed by atoms with Crippen LogP contribution in [0.3, 0.4) is 0 Å². The van der Waals surface area contributed by atoms with Gasteiger partial charge in [-0.15, -0.1) is 11.3 Å². The van der Waals surface area contributed by atoms with Crippen molar-refractivity contribution >= 4 is 33.2 Å². The van der Waals surface area contributed by atoms with Gasteiger partial charge < -0.3 is 9.15 Å². The van der Waals surface area contributed by atoms with E-state index in [1.165, 1.54) is 21.8 Å². The van der Waals surface area contributed by atoms with Gasteiger partial charge in [0, 0.05) is 23.2 Å². The molecule has 26 heavy (non-hydrogen) atoms. The van der Waals surface area contributed by atoms with Gasteiger partial charge in [-0.05, 0) is 19.1 Å². The van der Waals surface area contributed by atoms with Gasteiger partial charge in [0.15, 0.2) is 10.4 Å². The van der Waals surface area contributed by atoms with Crippen molar-refractivity contribution < 1.29 is 13.9 Å². The van der Waals surface area contributed by atoms with Crippen LogP contribution < -0.4 is 11.0 Å². The van der Waals surface area contributed by atoms with Crippen molar-refractivity contribution in [3.8, 4) is 0 Å². The number of ether oxygens (including phenoxy) is 1. The first-order valence-corrected chi connectivity index (χ1v) is 8.58. The molecule has 130 valence electrons. The molecule has 0 radical (unpaired) electrons. The molecule has 3 aromatic heterocycles. The van der Waals surface area contributed by atoms with Crippen molar-refractivity contribution in [2.45, 2.75) is 13.5 Å². The number of carbonyl (C=O) groups excluding carboxylic acids is 1. The molecule has 0 bridgehead atoms. The quantitative estimate of drug-likeness (QED) is 0.516. The SMILES string of the molecule is Cc1csc2nc(COC(=O)c3cc(=O)c4ccccc4o3)cc(=O)n12. The van der Waals surface area contributed by atoms with Gasteiger partial charge in [-0.25, -0.2) is 9.78 Å². The Balaban J connectivity index is 1.59. The first-order valence-electron chi connectivity index (χ1n) is 7.70. The van der Waals surface area contributed by atoms with Crippen molar-refractivity contribution in [1.82, 2.24) is 9.38 Å². The zero-order chi connectivity index (χ0) is 18.3. The Bertz CT molecular complexity index is 1270. The van der Waals surface area contributed by atoms with E-state index in [9.17, 15) is 14.4 Å². The zero-order valence-corrected chi connectivity index (χ0v) is 14.4. The maximum Gasteiger partial charge on any atom is 0.374 e. The number of rotatable bonds is 3. The lowest BCUT2D eigenvalue weighted by molar-refractivity contribution is 0.0432. The lowest BCUT2D eigenvalue weighted by Crippen LogP contribution is -2.16. The normalized spacial score (nSPS) is 11.1. The first-order chi connectivity index (χ1) is 12.5. The van der Waals surface area contributed by atoms with Crippen LogP contribution in [0.2, 0.25) is 0 Å². The molecule has 0 saturated carbocycles. The predicted octanol–water partition coefficient (Wildman–Crippen LogP) is 2.53. The molecule has 0 aliphatic carbocycles. The number of nitrogens with zero attached hydrogens (tertiary/aromatic N) is 2. The Kier molecular flexibility index (Phi) is 3.89. The Labute approximate surface area is 150 Å². The van der Waals surface area contributed by atoms with Crippen molar-refractivity contribution in [2.75, 3.05) is 0 Å². The Morgan fingerprint density at radius 3 is 2.92 bits per heavy atom. The van der Waals surface area contributed by atoms with Crippen molar-refractivity contribution in [3.05, 3.63) is 79.5 Å². The fourth-order valence-corrected chi connectivity index (χ4v) is 3.48. The molecule has 0 aliphatic heterocycles. The smallest absolute Gasteiger partial charge is 0.374 e. The molecule has 0 saturated heterocycles. The third-order valence-corrected chi connectivity index (χ3v) is 4.76. The summed E-state index contributed by atoms with van der Waals surface area (Å²) in [4.78, 5) is 41.2. The van der Waals surface area contributed by atoms with Gasteiger partial charge in [-0.3, -0.25) is 14.0 Å². The molecule has 0 N–H and O–H groups in total. The highest BCUT2D eigenvalue weighted by atomic mass is 32.1. The zero-order valence-electron chi connectivity index (χ0n) is 13.6. The number of esters is 1. The van der Waals surface area contributed by atoms with Crippen LogP contribution in [0.4, 0.5) is 0 Å². The second-order valence-electron chi connectivity index (χ2n) is 5.63. The van der Waals surface area contributed by atoms with Crippen LogP contribution in [0.25, 0.3) is 15.9 Å². The van der Waals surface area contributed by atoms with Gasteiger partial charge in [0.2, 0.25) is 5.76 Å². The molecular formula is C18H12N2O5S. The number of hydrogen-bond donors (Lipinski definition) is 0. The van der Waals surface area contributed by atoms with E-state index in [-0.39, 0.29) is 23.4 Å². The average molecular weight is 368 g/mol. The Morgan fingerprint density at radius 1 is 1.27 bits per heavy atom. The summed E-state index contributed by atoms with van der Waals surface area (Å²) in [6.07, 6.45) is 0. The average Bonchev–Trinajstić information content (AvgIpc) is 3.01. The van der Waals surface area contributed by atoms with E-state index in [2.05, 4.69) is 4.98 Å². The van der Waals surface area contributed by atoms with Crippen LogP contribution in [-0.2, 0) is 11.3 Å². The first kappa shape index (κ1) is 16.2. The number of fused-ring (bicyclic) bond motifs is 2. The number of benzene rings is 1. The van der Waals surface area contributed by atoms with E-state index >= 15 is 0 Å². The molecule has 0 unspecified atom stereocenters. The molecule has 8 heteroatoms. The lowest BCUT2D eigenvalue weighted by atomic mass is 10.2. The van der Waals surface area contributed by atoms with Crippen LogP contribution in [0.1, 0.15) is 21.9 Å². The minimum Gasteiger partial charge on any atom is -0.453 e. The number of hydrogen-bond acceptors (Lipinski definition) is 7. The predicted molar refractivity (Wildman–Crippen MR) is 95.7 cm³/mol. The molecule has 0 amide bonds. The third-order valence-electron chi connectivity index (χ3n) is 3.82. The standard InChI is InChI=1S/C18H12N2O5S/c1-10-9-26-18-19-11(6-16(22)20(10)18)8-24-17(23)15-7-13(21)12-4-2-3-5-14(12)25-15/h2-7,9H,8H2,1H3. The molecule has 0 fully saturated rings. The Morgan fingerprint density at radius 2 is 2.08 bits per heavy atom. The second-order valence-corrected chi connectivity index (χ2v) is 6.46. The third kappa shape index (κ3) is 2.80. The van der Waals surface area contributed by atoms with Crippen molar-refractivity contribution in [1.29, 1.82) is 0 Å². The van der Waals surface area contributed by atoms with Crippen LogP contribution >= 0.6 is 11.3 Å². The van der Waals surface area contributed by atoms with E-state index in [4.69, 9.17) is 9.15 Å². The summed E-state index contributed by atoms with van der Waals surface area (Å²) in [7, 11) is 0. The van der Waals surface area contributed by atoms with Gasteiger partial charge in [0.05, 0.1) is 11.1 Å². The fourth-order valence-electron chi connectivity index (χ4n) is 2.59. The highest BCUT2D eigenvalue weighted by Gasteiger charge is 2.15. The molecular weight excluding hydrogens is 356 g/mol. The lowest BCUT2D eigenvalue weighted by Gasteiger charge is -2.05. The molecule has 3 heterocycles. The molecule has 1 aromatic carbocycles. The summed E-state index contributed by atoms with van der Waals surface area (Å²) in [5, 5.41) is 2.21. The molecule has 0 atom stereocenters. The topological polar surface area (TPSA) is 90.9 Å². The van der Waals surface area contributed by atoms with Gasteiger partial charge in [-0.2, -0.15) is 0 Å². The molecule has 7 nitrogen and oxygen atoms in total.